The normalized spacial score (nSPS) is 12.5. The summed E-state index contributed by atoms with van der Waals surface area (Å²) in [5, 5.41) is 2.78. The lowest BCUT2D eigenvalue weighted by Crippen LogP contribution is -2.30. The molecule has 9 heteroatoms. The van der Waals surface area contributed by atoms with Crippen molar-refractivity contribution < 1.29 is 27.1 Å². The van der Waals surface area contributed by atoms with Crippen molar-refractivity contribution in [3.05, 3.63) is 83.7 Å². The van der Waals surface area contributed by atoms with Crippen LogP contribution >= 0.6 is 0 Å². The van der Waals surface area contributed by atoms with Gasteiger partial charge in [-0.3, -0.25) is 9.10 Å². The van der Waals surface area contributed by atoms with Crippen molar-refractivity contribution in [2.45, 2.75) is 6.54 Å². The Morgan fingerprint density at radius 1 is 1.03 bits per heavy atom. The molecular weight excluding hydrogens is 423 g/mol. The van der Waals surface area contributed by atoms with Crippen LogP contribution in [-0.4, -0.2) is 27.4 Å². The van der Waals surface area contributed by atoms with E-state index in [9.17, 15) is 17.6 Å². The van der Waals surface area contributed by atoms with E-state index in [1.807, 2.05) is 0 Å². The highest BCUT2D eigenvalue weighted by molar-refractivity contribution is 7.92. The van der Waals surface area contributed by atoms with E-state index in [1.165, 1.54) is 18.2 Å². The number of fused-ring (bicyclic) bond motifs is 1. The molecule has 4 rings (SSSR count). The Labute approximate surface area is 179 Å². The molecule has 0 atom stereocenters. The number of para-hydroxylation sites is 1. The van der Waals surface area contributed by atoms with Gasteiger partial charge in [0.1, 0.15) is 5.82 Å². The van der Waals surface area contributed by atoms with Gasteiger partial charge in [-0.1, -0.05) is 24.3 Å². The Balaban J connectivity index is 1.49. The molecule has 1 aliphatic rings. The fraction of sp³-hybridized carbons (Fsp3) is 0.136. The molecule has 0 saturated carbocycles. The fourth-order valence-corrected chi connectivity index (χ4v) is 4.03. The highest BCUT2D eigenvalue weighted by atomic mass is 32.2. The molecule has 31 heavy (non-hydrogen) atoms. The largest absolute Gasteiger partial charge is 0.454 e. The van der Waals surface area contributed by atoms with Crippen LogP contribution in [0, 0.1) is 5.82 Å². The van der Waals surface area contributed by atoms with Gasteiger partial charge < -0.3 is 14.8 Å². The first-order valence-corrected chi connectivity index (χ1v) is 11.2. The number of rotatable bonds is 6. The third-order valence-corrected chi connectivity index (χ3v) is 5.82. The first-order chi connectivity index (χ1) is 14.8. The first kappa shape index (κ1) is 20.7. The standard InChI is InChI=1S/C22H19FN2O5S/c1-31(27,28)25(19-5-3-2-4-18(19)23)13-15-6-8-16(9-7-15)22(26)24-17-10-11-20-21(12-17)30-14-29-20/h2-12H,13-14H2,1H3,(H,24,26). The number of sulfonamides is 1. The molecule has 1 aliphatic heterocycles. The summed E-state index contributed by atoms with van der Waals surface area (Å²) in [6.07, 6.45) is 1.02. The summed E-state index contributed by atoms with van der Waals surface area (Å²) >= 11 is 0. The van der Waals surface area contributed by atoms with Crippen LogP contribution in [0.2, 0.25) is 0 Å². The van der Waals surface area contributed by atoms with Crippen LogP contribution in [0.5, 0.6) is 11.5 Å². The molecule has 0 spiro atoms. The number of carbonyl (C=O) groups is 1. The smallest absolute Gasteiger partial charge is 0.255 e. The zero-order valence-electron chi connectivity index (χ0n) is 16.5. The van der Waals surface area contributed by atoms with Crippen molar-refractivity contribution in [2.24, 2.45) is 0 Å². The molecule has 0 aliphatic carbocycles. The summed E-state index contributed by atoms with van der Waals surface area (Å²) in [6, 6.07) is 17.2. The van der Waals surface area contributed by atoms with Crippen LogP contribution in [0.1, 0.15) is 15.9 Å². The van der Waals surface area contributed by atoms with E-state index >= 15 is 0 Å². The number of nitrogens with zero attached hydrogens (tertiary/aromatic N) is 1. The lowest BCUT2D eigenvalue weighted by atomic mass is 10.1. The van der Waals surface area contributed by atoms with Gasteiger partial charge in [-0.25, -0.2) is 12.8 Å². The second-order valence-electron chi connectivity index (χ2n) is 6.94. The molecule has 0 bridgehead atoms. The van der Waals surface area contributed by atoms with E-state index in [0.29, 0.717) is 28.3 Å². The number of nitrogens with one attached hydrogen (secondary N) is 1. The van der Waals surface area contributed by atoms with Gasteiger partial charge in [0.15, 0.2) is 11.5 Å². The first-order valence-electron chi connectivity index (χ1n) is 9.33. The van der Waals surface area contributed by atoms with Crippen molar-refractivity contribution in [1.82, 2.24) is 0 Å². The Bertz CT molecular complexity index is 1230. The van der Waals surface area contributed by atoms with E-state index < -0.39 is 15.8 Å². The second-order valence-corrected chi connectivity index (χ2v) is 8.85. The van der Waals surface area contributed by atoms with Crippen LogP contribution in [0.15, 0.2) is 66.7 Å². The minimum atomic E-state index is -3.72. The van der Waals surface area contributed by atoms with Crippen molar-refractivity contribution in [3.8, 4) is 11.5 Å². The van der Waals surface area contributed by atoms with Crippen LogP contribution < -0.4 is 19.1 Å². The summed E-state index contributed by atoms with van der Waals surface area (Å²) in [6.45, 7) is 0.0788. The molecule has 0 radical (unpaired) electrons. The lowest BCUT2D eigenvalue weighted by Gasteiger charge is -2.23. The van der Waals surface area contributed by atoms with Gasteiger partial charge in [0, 0.05) is 17.3 Å². The molecule has 0 fully saturated rings. The van der Waals surface area contributed by atoms with Gasteiger partial charge in [0.25, 0.3) is 5.91 Å². The van der Waals surface area contributed by atoms with Crippen LogP contribution in [0.4, 0.5) is 15.8 Å². The zero-order chi connectivity index (χ0) is 22.0. The Kier molecular flexibility index (Phi) is 5.51. The van der Waals surface area contributed by atoms with E-state index in [-0.39, 0.29) is 24.9 Å². The Morgan fingerprint density at radius 3 is 2.45 bits per heavy atom. The van der Waals surface area contributed by atoms with E-state index in [2.05, 4.69) is 5.32 Å². The molecule has 0 unspecified atom stereocenters. The average molecular weight is 442 g/mol. The molecule has 3 aromatic carbocycles. The van der Waals surface area contributed by atoms with E-state index in [0.717, 1.165) is 10.6 Å². The van der Waals surface area contributed by atoms with Gasteiger partial charge in [0.05, 0.1) is 18.5 Å². The highest BCUT2D eigenvalue weighted by Gasteiger charge is 2.21. The van der Waals surface area contributed by atoms with Gasteiger partial charge >= 0.3 is 0 Å². The van der Waals surface area contributed by atoms with Gasteiger partial charge in [0.2, 0.25) is 16.8 Å². The molecule has 160 valence electrons. The molecule has 7 nitrogen and oxygen atoms in total. The molecule has 1 N–H and O–H groups in total. The molecular formula is C22H19FN2O5S. The minimum Gasteiger partial charge on any atom is -0.454 e. The third-order valence-electron chi connectivity index (χ3n) is 4.69. The quantitative estimate of drug-likeness (QED) is 0.628. The highest BCUT2D eigenvalue weighted by Crippen LogP contribution is 2.34. The predicted molar refractivity (Wildman–Crippen MR) is 114 cm³/mol. The number of anilines is 2. The molecule has 0 aromatic heterocycles. The van der Waals surface area contributed by atoms with Crippen molar-refractivity contribution in [2.75, 3.05) is 22.7 Å². The second kappa shape index (κ2) is 8.27. The lowest BCUT2D eigenvalue weighted by molar-refractivity contribution is 0.102. The van der Waals surface area contributed by atoms with E-state index in [1.54, 1.807) is 48.5 Å². The summed E-state index contributed by atoms with van der Waals surface area (Å²) in [5.74, 6) is 0.210. The summed E-state index contributed by atoms with van der Waals surface area (Å²) in [7, 11) is -3.72. The maximum Gasteiger partial charge on any atom is 0.255 e. The van der Waals surface area contributed by atoms with Crippen LogP contribution in [0.3, 0.4) is 0 Å². The molecule has 1 heterocycles. The van der Waals surface area contributed by atoms with E-state index in [4.69, 9.17) is 9.47 Å². The third kappa shape index (κ3) is 4.61. The zero-order valence-corrected chi connectivity index (χ0v) is 17.4. The van der Waals surface area contributed by atoms with Crippen molar-refractivity contribution in [1.29, 1.82) is 0 Å². The average Bonchev–Trinajstić information content (AvgIpc) is 3.20. The van der Waals surface area contributed by atoms with Crippen molar-refractivity contribution in [3.63, 3.8) is 0 Å². The van der Waals surface area contributed by atoms with Gasteiger partial charge in [-0.2, -0.15) is 0 Å². The summed E-state index contributed by atoms with van der Waals surface area (Å²) < 4.78 is 50.1. The number of halogens is 1. The number of carbonyl (C=O) groups excluding carboxylic acids is 1. The van der Waals surface area contributed by atoms with Crippen LogP contribution in [-0.2, 0) is 16.6 Å². The minimum absolute atomic E-state index is 0.0328. The Morgan fingerprint density at radius 2 is 1.74 bits per heavy atom. The maximum absolute atomic E-state index is 14.2. The number of benzene rings is 3. The number of amides is 1. The summed E-state index contributed by atoms with van der Waals surface area (Å²) in [5.41, 5.74) is 1.52. The monoisotopic (exact) mass is 442 g/mol. The molecule has 1 amide bonds. The molecule has 0 saturated heterocycles. The number of ether oxygens (including phenoxy) is 2. The van der Waals surface area contributed by atoms with Gasteiger partial charge in [-0.05, 0) is 42.0 Å². The SMILES string of the molecule is CS(=O)(=O)N(Cc1ccc(C(=O)Nc2ccc3c(c2)OCO3)cc1)c1ccccc1F. The topological polar surface area (TPSA) is 84.9 Å². The number of hydrogen-bond donors (Lipinski definition) is 1. The fourth-order valence-electron chi connectivity index (χ4n) is 3.14. The predicted octanol–water partition coefficient (Wildman–Crippen LogP) is 3.77. The Hall–Kier alpha value is -3.59. The maximum atomic E-state index is 14.2. The van der Waals surface area contributed by atoms with Crippen LogP contribution in [0.25, 0.3) is 0 Å². The van der Waals surface area contributed by atoms with Gasteiger partial charge in [-0.15, -0.1) is 0 Å². The number of hydrogen-bond acceptors (Lipinski definition) is 5. The van der Waals surface area contributed by atoms with Crippen molar-refractivity contribution >= 4 is 27.3 Å². The molecule has 3 aromatic rings. The summed E-state index contributed by atoms with van der Waals surface area (Å²) in [4.78, 5) is 12.5.